The van der Waals surface area contributed by atoms with Crippen LogP contribution < -0.4 is 0 Å². The lowest BCUT2D eigenvalue weighted by Gasteiger charge is -2.03. The number of H-pyrrole nitrogens is 1. The van der Waals surface area contributed by atoms with Crippen LogP contribution in [0.25, 0.3) is 22.4 Å². The van der Waals surface area contributed by atoms with Gasteiger partial charge in [0.05, 0.1) is 27.2 Å². The van der Waals surface area contributed by atoms with Gasteiger partial charge in [-0.3, -0.25) is 15.1 Å². The van der Waals surface area contributed by atoms with Crippen LogP contribution in [0.15, 0.2) is 65.7 Å². The first-order valence-electron chi connectivity index (χ1n) is 8.58. The molecule has 7 heteroatoms. The van der Waals surface area contributed by atoms with E-state index >= 15 is 0 Å². The van der Waals surface area contributed by atoms with Crippen molar-refractivity contribution in [1.29, 1.82) is 0 Å². The molecule has 2 N–H and O–H groups in total. The van der Waals surface area contributed by atoms with Crippen molar-refractivity contribution in [3.63, 3.8) is 0 Å². The molecule has 0 aliphatic heterocycles. The Balaban J connectivity index is 1.68. The molecule has 3 aromatic carbocycles. The number of aromatic hydroxyl groups is 1. The van der Waals surface area contributed by atoms with Crippen LogP contribution in [0.1, 0.15) is 11.1 Å². The Morgan fingerprint density at radius 3 is 2.82 bits per heavy atom. The number of aromatic nitrogens is 2. The van der Waals surface area contributed by atoms with Crippen LogP contribution in [0.4, 0.5) is 11.4 Å². The Hall–Kier alpha value is -4.00. The molecule has 0 saturated heterocycles. The van der Waals surface area contributed by atoms with Gasteiger partial charge in [0.15, 0.2) is 0 Å². The summed E-state index contributed by atoms with van der Waals surface area (Å²) in [6, 6.07) is 17.1. The van der Waals surface area contributed by atoms with Gasteiger partial charge in [0.1, 0.15) is 11.6 Å². The Morgan fingerprint density at radius 2 is 2.00 bits per heavy atom. The van der Waals surface area contributed by atoms with Crippen molar-refractivity contribution in [3.05, 3.63) is 81.9 Å². The first kappa shape index (κ1) is 17.4. The summed E-state index contributed by atoms with van der Waals surface area (Å²) in [7, 11) is 0. The van der Waals surface area contributed by atoms with Gasteiger partial charge in [-0.15, -0.1) is 0 Å². The Bertz CT molecular complexity index is 1230. The minimum Gasteiger partial charge on any atom is -0.507 e. The summed E-state index contributed by atoms with van der Waals surface area (Å²) in [4.78, 5) is 22.6. The molecule has 0 bridgehead atoms. The summed E-state index contributed by atoms with van der Waals surface area (Å²) in [5.74, 6) is 0.635. The minimum atomic E-state index is -0.445. The van der Waals surface area contributed by atoms with Gasteiger partial charge in [0, 0.05) is 18.3 Å². The fourth-order valence-corrected chi connectivity index (χ4v) is 2.91. The lowest BCUT2D eigenvalue weighted by Crippen LogP contribution is -1.89. The second kappa shape index (κ2) is 6.96. The normalized spacial score (nSPS) is 11.3. The second-order valence-corrected chi connectivity index (χ2v) is 6.42. The zero-order valence-electron chi connectivity index (χ0n) is 15.0. The van der Waals surface area contributed by atoms with Crippen LogP contribution in [0.2, 0.25) is 0 Å². The SMILES string of the molecule is Cc1ccc2nc(-c3cc(N=Cc4cccc([N+](=O)[O-])c4)ccc3O)[nH]c2c1. The minimum absolute atomic E-state index is 0.00733. The molecule has 0 amide bonds. The van der Waals surface area contributed by atoms with E-state index in [2.05, 4.69) is 15.0 Å². The van der Waals surface area contributed by atoms with E-state index in [0.29, 0.717) is 22.6 Å². The van der Waals surface area contributed by atoms with Crippen molar-refractivity contribution in [2.75, 3.05) is 0 Å². The molecule has 0 radical (unpaired) electrons. The molecule has 1 aromatic heterocycles. The van der Waals surface area contributed by atoms with Crippen molar-refractivity contribution in [2.24, 2.45) is 4.99 Å². The number of nitrogens with zero attached hydrogens (tertiary/aromatic N) is 3. The van der Waals surface area contributed by atoms with E-state index in [0.717, 1.165) is 16.6 Å². The Morgan fingerprint density at radius 1 is 1.14 bits per heavy atom. The van der Waals surface area contributed by atoms with Crippen LogP contribution in [0.3, 0.4) is 0 Å². The van der Waals surface area contributed by atoms with Crippen molar-refractivity contribution >= 4 is 28.6 Å². The number of aromatic amines is 1. The molecule has 0 atom stereocenters. The summed E-state index contributed by atoms with van der Waals surface area (Å²) in [5, 5.41) is 21.1. The van der Waals surface area contributed by atoms with Gasteiger partial charge in [0.25, 0.3) is 5.69 Å². The number of nitro groups is 1. The lowest BCUT2D eigenvalue weighted by atomic mass is 10.1. The molecule has 4 rings (SSSR count). The van der Waals surface area contributed by atoms with Gasteiger partial charge < -0.3 is 10.1 Å². The maximum absolute atomic E-state index is 10.9. The number of rotatable bonds is 4. The van der Waals surface area contributed by atoms with Gasteiger partial charge in [-0.05, 0) is 48.4 Å². The van der Waals surface area contributed by atoms with Gasteiger partial charge in [-0.25, -0.2) is 4.98 Å². The third-order valence-corrected chi connectivity index (χ3v) is 4.32. The summed E-state index contributed by atoms with van der Waals surface area (Å²) in [6.45, 7) is 2.00. The van der Waals surface area contributed by atoms with E-state index in [1.165, 1.54) is 12.1 Å². The highest BCUT2D eigenvalue weighted by Crippen LogP contribution is 2.32. The van der Waals surface area contributed by atoms with Gasteiger partial charge in [0.2, 0.25) is 0 Å². The number of aliphatic imine (C=N–C) groups is 1. The molecule has 138 valence electrons. The van der Waals surface area contributed by atoms with Crippen molar-refractivity contribution in [3.8, 4) is 17.1 Å². The van der Waals surface area contributed by atoms with Crippen LogP contribution >= 0.6 is 0 Å². The van der Waals surface area contributed by atoms with Crippen LogP contribution in [0.5, 0.6) is 5.75 Å². The molecule has 0 unspecified atom stereocenters. The highest BCUT2D eigenvalue weighted by Gasteiger charge is 2.11. The fraction of sp³-hybridized carbons (Fsp3) is 0.0476. The first-order chi connectivity index (χ1) is 13.5. The molecule has 0 spiro atoms. The highest BCUT2D eigenvalue weighted by atomic mass is 16.6. The number of hydrogen-bond acceptors (Lipinski definition) is 5. The standard InChI is InChI=1S/C21H16N4O3/c1-13-5-7-18-19(9-13)24-21(23-18)17-11-15(6-8-20(17)26)22-12-14-3-2-4-16(10-14)25(27)28/h2-12,26H,1H3,(H,23,24). The zero-order chi connectivity index (χ0) is 19.7. The molecule has 4 aromatic rings. The predicted octanol–water partition coefficient (Wildman–Crippen LogP) is 4.90. The summed E-state index contributed by atoms with van der Waals surface area (Å²) >= 11 is 0. The predicted molar refractivity (Wildman–Crippen MR) is 108 cm³/mol. The van der Waals surface area contributed by atoms with E-state index in [4.69, 9.17) is 0 Å². The highest BCUT2D eigenvalue weighted by molar-refractivity contribution is 5.85. The monoisotopic (exact) mass is 372 g/mol. The maximum atomic E-state index is 10.9. The third kappa shape index (κ3) is 3.45. The maximum Gasteiger partial charge on any atom is 0.270 e. The van der Waals surface area contributed by atoms with Crippen LogP contribution in [-0.4, -0.2) is 26.2 Å². The van der Waals surface area contributed by atoms with E-state index in [1.807, 2.05) is 25.1 Å². The van der Waals surface area contributed by atoms with E-state index in [9.17, 15) is 15.2 Å². The Kier molecular flexibility index (Phi) is 4.33. The number of nitro benzene ring substituents is 1. The van der Waals surface area contributed by atoms with Crippen LogP contribution in [0, 0.1) is 17.0 Å². The molecule has 0 aliphatic carbocycles. The number of phenolic OH excluding ortho intramolecular Hbond substituents is 1. The van der Waals surface area contributed by atoms with Crippen molar-refractivity contribution in [2.45, 2.75) is 6.92 Å². The van der Waals surface area contributed by atoms with E-state index in [1.54, 1.807) is 36.5 Å². The number of aryl methyl sites for hydroxylation is 1. The molecule has 28 heavy (non-hydrogen) atoms. The topological polar surface area (TPSA) is 104 Å². The van der Waals surface area contributed by atoms with E-state index in [-0.39, 0.29) is 11.4 Å². The molecular weight excluding hydrogens is 356 g/mol. The smallest absolute Gasteiger partial charge is 0.270 e. The fourth-order valence-electron chi connectivity index (χ4n) is 2.91. The van der Waals surface area contributed by atoms with Gasteiger partial charge in [-0.2, -0.15) is 0 Å². The largest absolute Gasteiger partial charge is 0.507 e. The molecule has 0 aliphatic rings. The summed E-state index contributed by atoms with van der Waals surface area (Å²) in [6.07, 6.45) is 1.55. The molecule has 7 nitrogen and oxygen atoms in total. The quantitative estimate of drug-likeness (QED) is 0.302. The summed E-state index contributed by atoms with van der Waals surface area (Å²) < 4.78 is 0. The van der Waals surface area contributed by atoms with Crippen molar-refractivity contribution in [1.82, 2.24) is 9.97 Å². The zero-order valence-corrected chi connectivity index (χ0v) is 15.0. The number of fused-ring (bicyclic) bond motifs is 1. The number of benzene rings is 3. The van der Waals surface area contributed by atoms with Crippen molar-refractivity contribution < 1.29 is 10.0 Å². The van der Waals surface area contributed by atoms with Crippen LogP contribution in [-0.2, 0) is 0 Å². The summed E-state index contributed by atoms with van der Waals surface area (Å²) in [5.41, 5.74) is 4.56. The molecular formula is C21H16N4O3. The number of nitrogens with one attached hydrogen (secondary N) is 1. The molecule has 0 fully saturated rings. The van der Waals surface area contributed by atoms with Gasteiger partial charge >= 0.3 is 0 Å². The lowest BCUT2D eigenvalue weighted by molar-refractivity contribution is -0.384. The number of phenols is 1. The first-order valence-corrected chi connectivity index (χ1v) is 8.58. The third-order valence-electron chi connectivity index (χ3n) is 4.32. The number of non-ortho nitro benzene ring substituents is 1. The van der Waals surface area contributed by atoms with Gasteiger partial charge in [-0.1, -0.05) is 18.2 Å². The number of hydrogen-bond donors (Lipinski definition) is 2. The van der Waals surface area contributed by atoms with E-state index < -0.39 is 4.92 Å². The average molecular weight is 372 g/mol. The number of imidazole rings is 1. The molecule has 1 heterocycles. The Labute approximate surface area is 160 Å². The average Bonchev–Trinajstić information content (AvgIpc) is 3.10. The second-order valence-electron chi connectivity index (χ2n) is 6.42. The molecule has 0 saturated carbocycles.